The monoisotopic (exact) mass is 372 g/mol. The third kappa shape index (κ3) is 4.61. The van der Waals surface area contributed by atoms with Gasteiger partial charge in [0.25, 0.3) is 0 Å². The second-order valence-electron chi connectivity index (χ2n) is 4.75. The van der Waals surface area contributed by atoms with Crippen LogP contribution in [-0.4, -0.2) is 24.0 Å². The van der Waals surface area contributed by atoms with Crippen LogP contribution in [0.15, 0.2) is 32.7 Å². The van der Waals surface area contributed by atoms with Gasteiger partial charge in [0, 0.05) is 18.0 Å². The average molecular weight is 373 g/mol. The molecular formula is C14H17BrN2OS2. The van der Waals surface area contributed by atoms with E-state index >= 15 is 0 Å². The summed E-state index contributed by atoms with van der Waals surface area (Å²) in [5, 5.41) is 7.21. The molecule has 0 aliphatic carbocycles. The molecule has 2 heterocycles. The van der Waals surface area contributed by atoms with E-state index in [1.807, 2.05) is 26.1 Å². The summed E-state index contributed by atoms with van der Waals surface area (Å²) < 4.78 is 1.09. The van der Waals surface area contributed by atoms with Crippen LogP contribution >= 0.6 is 38.6 Å². The maximum Gasteiger partial charge on any atom is 0.317 e. The van der Waals surface area contributed by atoms with Crippen molar-refractivity contribution in [3.05, 3.63) is 43.2 Å². The first-order chi connectivity index (χ1) is 9.54. The number of urea groups is 1. The number of halogens is 1. The van der Waals surface area contributed by atoms with Crippen LogP contribution in [0, 0.1) is 0 Å². The van der Waals surface area contributed by atoms with Gasteiger partial charge in [-0.25, -0.2) is 4.79 Å². The molecule has 0 fully saturated rings. The summed E-state index contributed by atoms with van der Waals surface area (Å²) in [6.07, 6.45) is 0.869. The molecule has 0 saturated carbocycles. The maximum absolute atomic E-state index is 12.1. The van der Waals surface area contributed by atoms with Crippen molar-refractivity contribution in [2.45, 2.75) is 25.9 Å². The van der Waals surface area contributed by atoms with Gasteiger partial charge in [-0.3, -0.25) is 0 Å². The normalized spacial score (nSPS) is 12.2. The molecule has 2 aromatic rings. The number of amides is 2. The van der Waals surface area contributed by atoms with Gasteiger partial charge < -0.3 is 10.2 Å². The minimum Gasteiger partial charge on any atom is -0.335 e. The molecule has 0 aliphatic rings. The van der Waals surface area contributed by atoms with Crippen molar-refractivity contribution in [2.75, 3.05) is 7.05 Å². The molecule has 0 aliphatic heterocycles. The Kier molecular flexibility index (Phi) is 5.63. The van der Waals surface area contributed by atoms with Gasteiger partial charge in [0.15, 0.2) is 0 Å². The molecule has 0 bridgehead atoms. The smallest absolute Gasteiger partial charge is 0.317 e. The van der Waals surface area contributed by atoms with Crippen molar-refractivity contribution >= 4 is 44.6 Å². The first kappa shape index (κ1) is 15.5. The molecule has 1 N–H and O–H groups in total. The van der Waals surface area contributed by atoms with Gasteiger partial charge in [-0.1, -0.05) is 0 Å². The van der Waals surface area contributed by atoms with E-state index in [1.54, 1.807) is 27.6 Å². The van der Waals surface area contributed by atoms with Crippen LogP contribution in [0.25, 0.3) is 0 Å². The van der Waals surface area contributed by atoms with E-state index in [2.05, 4.69) is 38.1 Å². The third-order valence-electron chi connectivity index (χ3n) is 2.86. The first-order valence-corrected chi connectivity index (χ1v) is 8.86. The molecule has 2 rings (SSSR count). The van der Waals surface area contributed by atoms with E-state index in [9.17, 15) is 4.79 Å². The third-order valence-corrected chi connectivity index (χ3v) is 5.20. The predicted octanol–water partition coefficient (Wildman–Crippen LogP) is 4.34. The lowest BCUT2D eigenvalue weighted by Crippen LogP contribution is -2.42. The number of nitrogens with one attached hydrogen (secondary N) is 1. The Hall–Kier alpha value is -0.850. The summed E-state index contributed by atoms with van der Waals surface area (Å²) in [5.41, 5.74) is 1.27. The van der Waals surface area contributed by atoms with Crippen LogP contribution < -0.4 is 5.32 Å². The van der Waals surface area contributed by atoms with Crippen molar-refractivity contribution in [2.24, 2.45) is 0 Å². The van der Waals surface area contributed by atoms with Gasteiger partial charge in [0.05, 0.1) is 10.3 Å². The summed E-state index contributed by atoms with van der Waals surface area (Å²) in [7, 11) is 1.82. The van der Waals surface area contributed by atoms with E-state index in [1.165, 1.54) is 10.4 Å². The summed E-state index contributed by atoms with van der Waals surface area (Å²) in [6.45, 7) is 2.67. The minimum absolute atomic E-state index is 0.0303. The zero-order chi connectivity index (χ0) is 14.5. The second-order valence-corrected chi connectivity index (χ2v) is 8.08. The lowest BCUT2D eigenvalue weighted by molar-refractivity contribution is 0.204. The second kappa shape index (κ2) is 7.24. The fourth-order valence-corrected chi connectivity index (χ4v) is 4.09. The van der Waals surface area contributed by atoms with Crippen LogP contribution in [-0.2, 0) is 13.0 Å². The largest absolute Gasteiger partial charge is 0.335 e. The fraction of sp³-hybridized carbons (Fsp3) is 0.357. The Morgan fingerprint density at radius 1 is 1.45 bits per heavy atom. The topological polar surface area (TPSA) is 32.3 Å². The molecular weight excluding hydrogens is 356 g/mol. The summed E-state index contributed by atoms with van der Waals surface area (Å²) >= 11 is 6.77. The van der Waals surface area contributed by atoms with Crippen molar-refractivity contribution in [1.82, 2.24) is 10.2 Å². The highest BCUT2D eigenvalue weighted by Gasteiger charge is 2.13. The standard InChI is InChI=1S/C14H17BrN2OS2/c1-10(7-11-5-6-19-9-11)16-14(18)17(2)8-12-3-4-13(15)20-12/h3-6,9-10H,7-8H2,1-2H3,(H,16,18). The summed E-state index contributed by atoms with van der Waals surface area (Å²) in [6, 6.07) is 6.24. The zero-order valence-electron chi connectivity index (χ0n) is 11.4. The van der Waals surface area contributed by atoms with E-state index in [0.29, 0.717) is 6.54 Å². The van der Waals surface area contributed by atoms with Gasteiger partial charge in [0.1, 0.15) is 0 Å². The fourth-order valence-electron chi connectivity index (χ4n) is 1.88. The lowest BCUT2D eigenvalue weighted by Gasteiger charge is -2.20. The molecule has 0 aromatic carbocycles. The molecule has 108 valence electrons. The van der Waals surface area contributed by atoms with Crippen LogP contribution in [0.3, 0.4) is 0 Å². The number of hydrogen-bond donors (Lipinski definition) is 1. The van der Waals surface area contributed by atoms with E-state index < -0.39 is 0 Å². The first-order valence-electron chi connectivity index (χ1n) is 6.31. The Balaban J connectivity index is 1.81. The average Bonchev–Trinajstić information content (AvgIpc) is 3.01. The van der Waals surface area contributed by atoms with E-state index in [0.717, 1.165) is 10.2 Å². The lowest BCUT2D eigenvalue weighted by atomic mass is 10.1. The molecule has 3 nitrogen and oxygen atoms in total. The van der Waals surface area contributed by atoms with Crippen LogP contribution in [0.4, 0.5) is 4.79 Å². The molecule has 0 spiro atoms. The van der Waals surface area contributed by atoms with Gasteiger partial charge in [-0.15, -0.1) is 11.3 Å². The quantitative estimate of drug-likeness (QED) is 0.831. The molecule has 2 amide bonds. The number of thiophene rings is 2. The van der Waals surface area contributed by atoms with Gasteiger partial charge in [-0.2, -0.15) is 11.3 Å². The van der Waals surface area contributed by atoms with Gasteiger partial charge in [-0.05, 0) is 63.8 Å². The van der Waals surface area contributed by atoms with Crippen LogP contribution in [0.5, 0.6) is 0 Å². The highest BCUT2D eigenvalue weighted by molar-refractivity contribution is 9.11. The molecule has 0 saturated heterocycles. The molecule has 2 aromatic heterocycles. The number of hydrogen-bond acceptors (Lipinski definition) is 3. The molecule has 0 radical (unpaired) electrons. The Labute approximate surface area is 135 Å². The summed E-state index contributed by atoms with van der Waals surface area (Å²) in [4.78, 5) is 15.0. The number of nitrogens with zero attached hydrogens (tertiary/aromatic N) is 1. The zero-order valence-corrected chi connectivity index (χ0v) is 14.6. The highest BCUT2D eigenvalue weighted by Crippen LogP contribution is 2.23. The Morgan fingerprint density at radius 2 is 2.25 bits per heavy atom. The predicted molar refractivity (Wildman–Crippen MR) is 89.5 cm³/mol. The number of carbonyl (C=O) groups excluding carboxylic acids is 1. The van der Waals surface area contributed by atoms with Crippen molar-refractivity contribution in [1.29, 1.82) is 0 Å². The van der Waals surface area contributed by atoms with Crippen molar-refractivity contribution < 1.29 is 4.79 Å². The SMILES string of the molecule is CC(Cc1ccsc1)NC(=O)N(C)Cc1ccc(Br)s1. The number of rotatable bonds is 5. The Morgan fingerprint density at radius 3 is 2.85 bits per heavy atom. The summed E-state index contributed by atoms with van der Waals surface area (Å²) in [5.74, 6) is 0. The van der Waals surface area contributed by atoms with Crippen LogP contribution in [0.2, 0.25) is 0 Å². The Bertz CT molecular complexity index is 553. The molecule has 1 unspecified atom stereocenters. The minimum atomic E-state index is -0.0303. The molecule has 20 heavy (non-hydrogen) atoms. The van der Waals surface area contributed by atoms with Crippen LogP contribution in [0.1, 0.15) is 17.4 Å². The van der Waals surface area contributed by atoms with E-state index in [-0.39, 0.29) is 12.1 Å². The van der Waals surface area contributed by atoms with Gasteiger partial charge >= 0.3 is 6.03 Å². The highest BCUT2D eigenvalue weighted by atomic mass is 79.9. The van der Waals surface area contributed by atoms with E-state index in [4.69, 9.17) is 0 Å². The van der Waals surface area contributed by atoms with Crippen molar-refractivity contribution in [3.8, 4) is 0 Å². The number of carbonyl (C=O) groups is 1. The molecule has 6 heteroatoms. The van der Waals surface area contributed by atoms with Gasteiger partial charge in [0.2, 0.25) is 0 Å². The molecule has 1 atom stereocenters. The maximum atomic E-state index is 12.1. The van der Waals surface area contributed by atoms with Crippen molar-refractivity contribution in [3.63, 3.8) is 0 Å².